The molecule has 0 saturated heterocycles. The van der Waals surface area contributed by atoms with E-state index < -0.39 is 28.5 Å². The molecule has 0 bridgehead atoms. The van der Waals surface area contributed by atoms with Gasteiger partial charge in [0.2, 0.25) is 10.0 Å². The quantitative estimate of drug-likeness (QED) is 0.751. The Bertz CT molecular complexity index is 921. The number of hydrogen-bond acceptors (Lipinski definition) is 5. The summed E-state index contributed by atoms with van der Waals surface area (Å²) in [6.07, 6.45) is 0. The molecule has 2 aromatic rings. The van der Waals surface area contributed by atoms with Crippen LogP contribution in [0.15, 0.2) is 47.4 Å². The molecule has 0 aromatic heterocycles. The van der Waals surface area contributed by atoms with Crippen LogP contribution in [0.3, 0.4) is 0 Å². The number of aryl methyl sites for hydroxylation is 2. The number of carbonyl (C=O) groups excluding carboxylic acids is 2. The van der Waals surface area contributed by atoms with E-state index in [1.165, 1.54) is 31.3 Å². The fourth-order valence-corrected chi connectivity index (χ4v) is 2.97. The summed E-state index contributed by atoms with van der Waals surface area (Å²) in [7, 11) is -2.28. The molecular formula is C18H20N2O5S. The number of esters is 1. The summed E-state index contributed by atoms with van der Waals surface area (Å²) in [5.74, 6) is -1.17. The van der Waals surface area contributed by atoms with Gasteiger partial charge >= 0.3 is 5.97 Å². The minimum absolute atomic E-state index is 0.0316. The highest BCUT2D eigenvalue weighted by Gasteiger charge is 2.14. The van der Waals surface area contributed by atoms with Crippen molar-refractivity contribution in [3.8, 4) is 0 Å². The normalized spacial score (nSPS) is 11.0. The van der Waals surface area contributed by atoms with Gasteiger partial charge in [0.05, 0.1) is 10.5 Å². The van der Waals surface area contributed by atoms with E-state index in [9.17, 15) is 18.0 Å². The van der Waals surface area contributed by atoms with E-state index in [1.54, 1.807) is 6.07 Å². The molecule has 8 heteroatoms. The van der Waals surface area contributed by atoms with Crippen molar-refractivity contribution in [1.82, 2.24) is 4.72 Å². The lowest BCUT2D eigenvalue weighted by molar-refractivity contribution is -0.119. The van der Waals surface area contributed by atoms with E-state index in [0.717, 1.165) is 11.1 Å². The molecule has 0 fully saturated rings. The second-order valence-electron chi connectivity index (χ2n) is 5.67. The molecule has 0 aliphatic rings. The molecule has 26 heavy (non-hydrogen) atoms. The number of hydrogen-bond donors (Lipinski definition) is 2. The zero-order valence-corrected chi connectivity index (χ0v) is 15.5. The van der Waals surface area contributed by atoms with Crippen molar-refractivity contribution in [1.29, 1.82) is 0 Å². The van der Waals surface area contributed by atoms with Crippen molar-refractivity contribution >= 4 is 27.6 Å². The van der Waals surface area contributed by atoms with E-state index in [2.05, 4.69) is 10.0 Å². The average Bonchev–Trinajstić information content (AvgIpc) is 2.62. The Morgan fingerprint density at radius 3 is 2.27 bits per heavy atom. The van der Waals surface area contributed by atoms with Crippen LogP contribution in [0.5, 0.6) is 0 Å². The predicted octanol–water partition coefficient (Wildman–Crippen LogP) is 2.01. The van der Waals surface area contributed by atoms with Crippen LogP contribution in [0.4, 0.5) is 5.69 Å². The third-order valence-electron chi connectivity index (χ3n) is 3.66. The van der Waals surface area contributed by atoms with E-state index in [1.807, 2.05) is 26.0 Å². The predicted molar refractivity (Wildman–Crippen MR) is 97.5 cm³/mol. The van der Waals surface area contributed by atoms with Gasteiger partial charge in [-0.2, -0.15) is 0 Å². The summed E-state index contributed by atoms with van der Waals surface area (Å²) in [6.45, 7) is 3.38. The zero-order chi connectivity index (χ0) is 19.3. The van der Waals surface area contributed by atoms with Gasteiger partial charge in [0.1, 0.15) is 0 Å². The van der Waals surface area contributed by atoms with Crippen LogP contribution < -0.4 is 10.0 Å². The first kappa shape index (κ1) is 19.6. The smallest absolute Gasteiger partial charge is 0.338 e. The maximum Gasteiger partial charge on any atom is 0.338 e. The second kappa shape index (κ2) is 8.11. The molecule has 0 heterocycles. The summed E-state index contributed by atoms with van der Waals surface area (Å²) >= 11 is 0. The zero-order valence-electron chi connectivity index (χ0n) is 14.7. The summed E-state index contributed by atoms with van der Waals surface area (Å²) in [5, 5.41) is 2.68. The van der Waals surface area contributed by atoms with Crippen LogP contribution in [-0.4, -0.2) is 33.9 Å². The molecule has 0 spiro atoms. The topological polar surface area (TPSA) is 102 Å². The van der Waals surface area contributed by atoms with Crippen molar-refractivity contribution in [3.05, 3.63) is 59.2 Å². The number of sulfonamides is 1. The van der Waals surface area contributed by atoms with Crippen LogP contribution >= 0.6 is 0 Å². The summed E-state index contributed by atoms with van der Waals surface area (Å²) < 4.78 is 30.4. The molecule has 138 valence electrons. The Hall–Kier alpha value is -2.71. The van der Waals surface area contributed by atoms with Gasteiger partial charge in [-0.1, -0.05) is 17.7 Å². The van der Waals surface area contributed by atoms with Gasteiger partial charge < -0.3 is 10.1 Å². The first-order valence-electron chi connectivity index (χ1n) is 7.81. The molecule has 7 nitrogen and oxygen atoms in total. The Kier molecular flexibility index (Phi) is 6.12. The highest BCUT2D eigenvalue weighted by molar-refractivity contribution is 7.89. The van der Waals surface area contributed by atoms with Crippen molar-refractivity contribution in [2.24, 2.45) is 0 Å². The lowest BCUT2D eigenvalue weighted by Gasteiger charge is -2.10. The van der Waals surface area contributed by atoms with E-state index in [-0.39, 0.29) is 10.5 Å². The Labute approximate surface area is 152 Å². The van der Waals surface area contributed by atoms with Gasteiger partial charge in [0.15, 0.2) is 6.61 Å². The summed E-state index contributed by atoms with van der Waals surface area (Å²) in [5.41, 5.74) is 2.79. The molecule has 1 amide bonds. The van der Waals surface area contributed by atoms with Crippen LogP contribution in [-0.2, 0) is 19.6 Å². The maximum absolute atomic E-state index is 12.0. The van der Waals surface area contributed by atoms with E-state index in [0.29, 0.717) is 5.69 Å². The van der Waals surface area contributed by atoms with Crippen LogP contribution in [0, 0.1) is 13.8 Å². The number of rotatable bonds is 6. The van der Waals surface area contributed by atoms with Crippen LogP contribution in [0.25, 0.3) is 0 Å². The Morgan fingerprint density at radius 2 is 1.69 bits per heavy atom. The van der Waals surface area contributed by atoms with E-state index in [4.69, 9.17) is 4.74 Å². The lowest BCUT2D eigenvalue weighted by Crippen LogP contribution is -2.21. The molecule has 0 aliphatic heterocycles. The van der Waals surface area contributed by atoms with Gasteiger partial charge in [-0.3, -0.25) is 4.79 Å². The molecule has 0 unspecified atom stereocenters. The van der Waals surface area contributed by atoms with Gasteiger partial charge in [-0.25, -0.2) is 17.9 Å². The highest BCUT2D eigenvalue weighted by atomic mass is 32.2. The average molecular weight is 376 g/mol. The molecule has 2 rings (SSSR count). The summed E-state index contributed by atoms with van der Waals surface area (Å²) in [6, 6.07) is 10.8. The minimum Gasteiger partial charge on any atom is -0.452 e. The number of amides is 1. The maximum atomic E-state index is 12.0. The first-order chi connectivity index (χ1) is 12.2. The minimum atomic E-state index is -3.57. The Balaban J connectivity index is 1.94. The van der Waals surface area contributed by atoms with Crippen molar-refractivity contribution in [3.63, 3.8) is 0 Å². The van der Waals surface area contributed by atoms with Crippen LogP contribution in [0.2, 0.25) is 0 Å². The highest BCUT2D eigenvalue weighted by Crippen LogP contribution is 2.16. The molecule has 2 aromatic carbocycles. The van der Waals surface area contributed by atoms with E-state index >= 15 is 0 Å². The number of benzene rings is 2. The monoisotopic (exact) mass is 376 g/mol. The molecule has 0 aliphatic carbocycles. The largest absolute Gasteiger partial charge is 0.452 e. The van der Waals surface area contributed by atoms with Gasteiger partial charge in [0.25, 0.3) is 5.91 Å². The van der Waals surface area contributed by atoms with Gasteiger partial charge in [-0.05, 0) is 56.8 Å². The third-order valence-corrected chi connectivity index (χ3v) is 5.09. The SMILES string of the molecule is CNS(=O)(=O)c1ccc(C(=O)OCC(=O)Nc2ccc(C)cc2C)cc1. The summed E-state index contributed by atoms with van der Waals surface area (Å²) in [4.78, 5) is 23.9. The van der Waals surface area contributed by atoms with Gasteiger partial charge in [0, 0.05) is 5.69 Å². The number of ether oxygens (including phenoxy) is 1. The number of anilines is 1. The lowest BCUT2D eigenvalue weighted by atomic mass is 10.1. The Morgan fingerprint density at radius 1 is 1.04 bits per heavy atom. The standard InChI is InChI=1S/C18H20N2O5S/c1-12-4-9-16(13(2)10-12)20-17(21)11-25-18(22)14-5-7-15(8-6-14)26(23,24)19-3/h4-10,19H,11H2,1-3H3,(H,20,21). The van der Waals surface area contributed by atoms with Crippen molar-refractivity contribution < 1.29 is 22.7 Å². The molecule has 0 atom stereocenters. The van der Waals surface area contributed by atoms with Gasteiger partial charge in [-0.15, -0.1) is 0 Å². The molecular weight excluding hydrogens is 356 g/mol. The number of carbonyl (C=O) groups is 2. The van der Waals surface area contributed by atoms with Crippen LogP contribution in [0.1, 0.15) is 21.5 Å². The number of nitrogens with one attached hydrogen (secondary N) is 2. The molecule has 2 N–H and O–H groups in total. The third kappa shape index (κ3) is 4.90. The second-order valence-corrected chi connectivity index (χ2v) is 7.56. The fourth-order valence-electron chi connectivity index (χ4n) is 2.24. The molecule has 0 radical (unpaired) electrons. The fraction of sp³-hybridized carbons (Fsp3) is 0.222. The van der Waals surface area contributed by atoms with Crippen molar-refractivity contribution in [2.45, 2.75) is 18.7 Å². The molecule has 0 saturated carbocycles. The first-order valence-corrected chi connectivity index (χ1v) is 9.29. The van der Waals surface area contributed by atoms with Crippen molar-refractivity contribution in [2.75, 3.05) is 19.0 Å².